The van der Waals surface area contributed by atoms with Crippen LogP contribution < -0.4 is 5.73 Å². The normalized spacial score (nSPS) is 13.2. The van der Waals surface area contributed by atoms with Crippen LogP contribution in [0.4, 0.5) is 5.13 Å². The second-order valence-corrected chi connectivity index (χ2v) is 8.41. The van der Waals surface area contributed by atoms with Crippen molar-refractivity contribution in [2.24, 2.45) is 5.16 Å². The maximum atomic E-state index is 12.3. The number of esters is 2. The Balaban J connectivity index is 2.82. The van der Waals surface area contributed by atoms with Crippen LogP contribution in [0.5, 0.6) is 0 Å². The van der Waals surface area contributed by atoms with E-state index in [4.69, 9.17) is 20.0 Å². The molecule has 0 amide bonds. The van der Waals surface area contributed by atoms with Crippen LogP contribution in [0.25, 0.3) is 0 Å². The number of oxime groups is 1. The zero-order chi connectivity index (χ0) is 19.7. The summed E-state index contributed by atoms with van der Waals surface area (Å²) in [6.07, 6.45) is -0.997. The summed E-state index contributed by atoms with van der Waals surface area (Å²) in [5.41, 5.74) is 5.05. The number of nitrogen functional groups attached to an aromatic ring is 1. The van der Waals surface area contributed by atoms with Gasteiger partial charge in [-0.05, 0) is 33.4 Å². The predicted octanol–water partition coefficient (Wildman–Crippen LogP) is 2.47. The first-order valence-electron chi connectivity index (χ1n) is 8.07. The maximum Gasteiger partial charge on any atom is 0.362 e. The SMILES string of the molecule is CCSCCOC(=O)C(=NOC(C)C(=O)OC(C)(C)C)c1csc(N)n1. The van der Waals surface area contributed by atoms with Crippen molar-refractivity contribution in [2.45, 2.75) is 46.3 Å². The molecule has 1 aromatic heterocycles. The first kappa shape index (κ1) is 22.2. The second kappa shape index (κ2) is 10.4. The Labute approximate surface area is 161 Å². The highest BCUT2D eigenvalue weighted by molar-refractivity contribution is 7.99. The highest BCUT2D eigenvalue weighted by Gasteiger charge is 2.25. The summed E-state index contributed by atoms with van der Waals surface area (Å²) < 4.78 is 10.4. The fourth-order valence-corrected chi connectivity index (χ4v) is 2.59. The number of nitrogens with zero attached hydrogens (tertiary/aromatic N) is 2. The van der Waals surface area contributed by atoms with Crippen LogP contribution in [0.15, 0.2) is 10.5 Å². The Morgan fingerprint density at radius 2 is 2.12 bits per heavy atom. The molecule has 0 bridgehead atoms. The monoisotopic (exact) mass is 403 g/mol. The maximum absolute atomic E-state index is 12.3. The molecule has 1 unspecified atom stereocenters. The molecular formula is C16H25N3O5S2. The number of hydrogen-bond acceptors (Lipinski definition) is 10. The quantitative estimate of drug-likeness (QED) is 0.289. The van der Waals surface area contributed by atoms with Crippen molar-refractivity contribution >= 4 is 45.9 Å². The zero-order valence-corrected chi connectivity index (χ0v) is 17.2. The lowest BCUT2D eigenvalue weighted by molar-refractivity contribution is -0.167. The average molecular weight is 404 g/mol. The number of carbonyl (C=O) groups excluding carboxylic acids is 2. The van der Waals surface area contributed by atoms with Gasteiger partial charge in [0.05, 0.1) is 0 Å². The van der Waals surface area contributed by atoms with Crippen molar-refractivity contribution in [1.29, 1.82) is 0 Å². The van der Waals surface area contributed by atoms with Gasteiger partial charge in [0, 0.05) is 11.1 Å². The van der Waals surface area contributed by atoms with Gasteiger partial charge < -0.3 is 20.0 Å². The van der Waals surface area contributed by atoms with Gasteiger partial charge in [0.2, 0.25) is 11.8 Å². The molecule has 1 heterocycles. The van der Waals surface area contributed by atoms with Crippen LogP contribution in [-0.4, -0.2) is 52.5 Å². The molecule has 0 fully saturated rings. The fourth-order valence-electron chi connectivity index (χ4n) is 1.55. The fraction of sp³-hybridized carbons (Fsp3) is 0.625. The summed E-state index contributed by atoms with van der Waals surface area (Å²) in [5.74, 6) is 0.316. The van der Waals surface area contributed by atoms with Crippen LogP contribution in [0.2, 0.25) is 0 Å². The molecule has 0 saturated carbocycles. The minimum atomic E-state index is -0.997. The number of anilines is 1. The van der Waals surface area contributed by atoms with E-state index >= 15 is 0 Å². The molecule has 10 heteroatoms. The molecule has 146 valence electrons. The molecule has 1 aromatic rings. The summed E-state index contributed by atoms with van der Waals surface area (Å²) in [7, 11) is 0. The van der Waals surface area contributed by atoms with Crippen LogP contribution in [0.3, 0.4) is 0 Å². The Morgan fingerprint density at radius 1 is 1.42 bits per heavy atom. The Kier molecular flexibility index (Phi) is 8.86. The van der Waals surface area contributed by atoms with Gasteiger partial charge >= 0.3 is 11.9 Å². The number of ether oxygens (including phenoxy) is 2. The third-order valence-electron chi connectivity index (χ3n) is 2.66. The summed E-state index contributed by atoms with van der Waals surface area (Å²) >= 11 is 2.80. The van der Waals surface area contributed by atoms with E-state index in [-0.39, 0.29) is 23.1 Å². The highest BCUT2D eigenvalue weighted by atomic mass is 32.2. The predicted molar refractivity (Wildman–Crippen MR) is 103 cm³/mol. The number of nitrogens with two attached hydrogens (primary N) is 1. The van der Waals surface area contributed by atoms with Crippen molar-refractivity contribution in [2.75, 3.05) is 23.8 Å². The van der Waals surface area contributed by atoms with E-state index in [2.05, 4.69) is 10.1 Å². The summed E-state index contributed by atoms with van der Waals surface area (Å²) in [6, 6.07) is 0. The van der Waals surface area contributed by atoms with E-state index in [0.717, 1.165) is 17.1 Å². The molecule has 1 rings (SSSR count). The molecular weight excluding hydrogens is 378 g/mol. The number of hydrogen-bond donors (Lipinski definition) is 1. The van der Waals surface area contributed by atoms with Crippen molar-refractivity contribution in [3.05, 3.63) is 11.1 Å². The minimum absolute atomic E-state index is 0.144. The summed E-state index contributed by atoms with van der Waals surface area (Å²) in [5, 5.41) is 5.63. The Morgan fingerprint density at radius 3 is 2.65 bits per heavy atom. The van der Waals surface area contributed by atoms with Gasteiger partial charge in [0.25, 0.3) is 0 Å². The van der Waals surface area contributed by atoms with Crippen molar-refractivity contribution < 1.29 is 23.9 Å². The number of thiazole rings is 1. The lowest BCUT2D eigenvalue weighted by Gasteiger charge is -2.21. The van der Waals surface area contributed by atoms with Crippen LogP contribution >= 0.6 is 23.1 Å². The van der Waals surface area contributed by atoms with Crippen LogP contribution in [0, 0.1) is 0 Å². The summed E-state index contributed by atoms with van der Waals surface area (Å²) in [6.45, 7) is 8.97. The molecule has 0 aliphatic carbocycles. The van der Waals surface area contributed by atoms with Crippen molar-refractivity contribution in [1.82, 2.24) is 4.98 Å². The molecule has 0 spiro atoms. The third kappa shape index (κ3) is 8.05. The second-order valence-electron chi connectivity index (χ2n) is 6.12. The van der Waals surface area contributed by atoms with Gasteiger partial charge in [-0.25, -0.2) is 14.6 Å². The van der Waals surface area contributed by atoms with E-state index in [0.29, 0.717) is 5.75 Å². The van der Waals surface area contributed by atoms with Gasteiger partial charge in [-0.3, -0.25) is 0 Å². The number of carbonyl (C=O) groups is 2. The topological polar surface area (TPSA) is 113 Å². The molecule has 0 aromatic carbocycles. The average Bonchev–Trinajstić information content (AvgIpc) is 2.96. The molecule has 0 radical (unpaired) electrons. The van der Waals surface area contributed by atoms with Gasteiger partial charge in [0.15, 0.2) is 5.13 Å². The smallest absolute Gasteiger partial charge is 0.362 e. The molecule has 1 atom stereocenters. The molecule has 0 aliphatic heterocycles. The number of thioether (sulfide) groups is 1. The highest BCUT2D eigenvalue weighted by Crippen LogP contribution is 2.14. The van der Waals surface area contributed by atoms with E-state index in [9.17, 15) is 9.59 Å². The molecule has 0 saturated heterocycles. The van der Waals surface area contributed by atoms with E-state index in [1.165, 1.54) is 6.92 Å². The van der Waals surface area contributed by atoms with E-state index in [1.54, 1.807) is 37.9 Å². The number of rotatable bonds is 9. The third-order valence-corrected chi connectivity index (χ3v) is 4.20. The summed E-state index contributed by atoms with van der Waals surface area (Å²) in [4.78, 5) is 33.4. The zero-order valence-electron chi connectivity index (χ0n) is 15.6. The van der Waals surface area contributed by atoms with E-state index < -0.39 is 23.6 Å². The molecule has 8 nitrogen and oxygen atoms in total. The molecule has 26 heavy (non-hydrogen) atoms. The first-order chi connectivity index (χ1) is 12.1. The lowest BCUT2D eigenvalue weighted by Crippen LogP contribution is -2.31. The largest absolute Gasteiger partial charge is 0.460 e. The first-order valence-corrected chi connectivity index (χ1v) is 10.1. The van der Waals surface area contributed by atoms with Crippen LogP contribution in [0.1, 0.15) is 40.3 Å². The van der Waals surface area contributed by atoms with Crippen molar-refractivity contribution in [3.63, 3.8) is 0 Å². The van der Waals surface area contributed by atoms with Crippen LogP contribution in [-0.2, 0) is 23.9 Å². The van der Waals surface area contributed by atoms with Gasteiger partial charge in [-0.15, -0.1) is 11.3 Å². The van der Waals surface area contributed by atoms with E-state index in [1.807, 2.05) is 6.92 Å². The van der Waals surface area contributed by atoms with Gasteiger partial charge in [-0.1, -0.05) is 12.1 Å². The van der Waals surface area contributed by atoms with Gasteiger partial charge in [0.1, 0.15) is 17.9 Å². The van der Waals surface area contributed by atoms with Gasteiger partial charge in [-0.2, -0.15) is 11.8 Å². The Hall–Kier alpha value is -1.81. The number of aromatic nitrogens is 1. The standard InChI is InChI=1S/C16H25N3O5S2/c1-6-25-8-7-22-14(21)12(11-9-26-15(17)18-11)19-24-10(2)13(20)23-16(3,4)5/h9-10H,6-8H2,1-5H3,(H2,17,18). The minimum Gasteiger partial charge on any atom is -0.460 e. The molecule has 0 aliphatic rings. The van der Waals surface area contributed by atoms with Crippen molar-refractivity contribution in [3.8, 4) is 0 Å². The lowest BCUT2D eigenvalue weighted by atomic mass is 10.2. The molecule has 2 N–H and O–H groups in total. The Bertz CT molecular complexity index is 640.